The molecule has 100 valence electrons. The van der Waals surface area contributed by atoms with Crippen molar-refractivity contribution in [3.05, 3.63) is 24.8 Å². The van der Waals surface area contributed by atoms with Crippen LogP contribution in [0.1, 0.15) is 46.5 Å². The highest BCUT2D eigenvalue weighted by Crippen LogP contribution is 2.36. The van der Waals surface area contributed by atoms with E-state index in [1.807, 2.05) is 12.2 Å². The first kappa shape index (κ1) is 16.7. The Morgan fingerprint density at radius 2 is 1.76 bits per heavy atom. The maximum absolute atomic E-state index is 6.13. The Morgan fingerprint density at radius 3 is 2.29 bits per heavy atom. The summed E-state index contributed by atoms with van der Waals surface area (Å²) in [5.41, 5.74) is 0. The minimum absolute atomic E-state index is 0.333. The Morgan fingerprint density at radius 1 is 1.12 bits per heavy atom. The smallest absolute Gasteiger partial charge is 0.191 e. The van der Waals surface area contributed by atoms with Crippen molar-refractivity contribution in [3.63, 3.8) is 0 Å². The lowest BCUT2D eigenvalue weighted by atomic mass is 10.2. The van der Waals surface area contributed by atoms with Gasteiger partial charge in [0, 0.05) is 6.61 Å². The van der Waals surface area contributed by atoms with E-state index in [2.05, 4.69) is 46.5 Å². The SMILES string of the molecule is C=C/C=C/CCCCCO[Si](C)(C)C(C)(C)C. The van der Waals surface area contributed by atoms with Crippen molar-refractivity contribution < 1.29 is 4.43 Å². The fourth-order valence-electron chi connectivity index (χ4n) is 1.28. The largest absolute Gasteiger partial charge is 0.417 e. The molecule has 0 spiro atoms. The monoisotopic (exact) mass is 254 g/mol. The van der Waals surface area contributed by atoms with Crippen molar-refractivity contribution in [2.75, 3.05) is 6.61 Å². The van der Waals surface area contributed by atoms with E-state index in [0.717, 1.165) is 13.0 Å². The van der Waals surface area contributed by atoms with Crippen LogP contribution in [-0.4, -0.2) is 14.9 Å². The molecule has 0 aromatic carbocycles. The van der Waals surface area contributed by atoms with Gasteiger partial charge < -0.3 is 4.43 Å². The molecule has 2 heteroatoms. The Hall–Kier alpha value is -0.343. The highest BCUT2D eigenvalue weighted by molar-refractivity contribution is 6.74. The second-order valence-electron chi connectivity index (χ2n) is 6.12. The number of unbranched alkanes of at least 4 members (excludes halogenated alkanes) is 3. The summed E-state index contributed by atoms with van der Waals surface area (Å²) in [5, 5.41) is 0.333. The molecule has 0 aromatic rings. The summed E-state index contributed by atoms with van der Waals surface area (Å²) in [6, 6.07) is 0. The third kappa shape index (κ3) is 7.56. The average molecular weight is 254 g/mol. The molecule has 0 bridgehead atoms. The molecule has 0 fully saturated rings. The summed E-state index contributed by atoms with van der Waals surface area (Å²) in [6.45, 7) is 16.1. The minimum Gasteiger partial charge on any atom is -0.417 e. The molecule has 0 aliphatic rings. The van der Waals surface area contributed by atoms with Gasteiger partial charge in [-0.2, -0.15) is 0 Å². The van der Waals surface area contributed by atoms with Crippen molar-refractivity contribution in [2.45, 2.75) is 64.6 Å². The number of rotatable bonds is 8. The van der Waals surface area contributed by atoms with Gasteiger partial charge >= 0.3 is 0 Å². The lowest BCUT2D eigenvalue weighted by Crippen LogP contribution is -2.40. The van der Waals surface area contributed by atoms with Gasteiger partial charge in [0.1, 0.15) is 0 Å². The summed E-state index contributed by atoms with van der Waals surface area (Å²) < 4.78 is 6.13. The lowest BCUT2D eigenvalue weighted by molar-refractivity contribution is 0.278. The van der Waals surface area contributed by atoms with Crippen LogP contribution in [0.4, 0.5) is 0 Å². The van der Waals surface area contributed by atoms with Crippen LogP contribution in [-0.2, 0) is 4.43 Å². The van der Waals surface area contributed by atoms with Gasteiger partial charge in [-0.1, -0.05) is 52.0 Å². The molecule has 0 rings (SSSR count). The molecule has 0 aliphatic carbocycles. The average Bonchev–Trinajstić information content (AvgIpc) is 2.20. The van der Waals surface area contributed by atoms with E-state index in [1.54, 1.807) is 0 Å². The van der Waals surface area contributed by atoms with Crippen LogP contribution < -0.4 is 0 Å². The highest BCUT2D eigenvalue weighted by atomic mass is 28.4. The van der Waals surface area contributed by atoms with Crippen LogP contribution >= 0.6 is 0 Å². The third-order valence-electron chi connectivity index (χ3n) is 3.56. The predicted molar refractivity (Wildman–Crippen MR) is 81.0 cm³/mol. The molecule has 0 N–H and O–H groups in total. The first-order chi connectivity index (χ1) is 7.81. The van der Waals surface area contributed by atoms with Gasteiger partial charge in [0.2, 0.25) is 0 Å². The molecule has 0 aromatic heterocycles. The van der Waals surface area contributed by atoms with Gasteiger partial charge in [0.15, 0.2) is 8.32 Å². The normalized spacial score (nSPS) is 13.2. The molecule has 0 amide bonds. The molecule has 0 aliphatic heterocycles. The van der Waals surface area contributed by atoms with Gasteiger partial charge in [-0.15, -0.1) is 0 Å². The molecular weight excluding hydrogens is 224 g/mol. The first-order valence-electron chi connectivity index (χ1n) is 6.73. The summed E-state index contributed by atoms with van der Waals surface area (Å²) in [5.74, 6) is 0. The molecule has 0 radical (unpaired) electrons. The molecule has 17 heavy (non-hydrogen) atoms. The van der Waals surface area contributed by atoms with Crippen molar-refractivity contribution in [1.82, 2.24) is 0 Å². The van der Waals surface area contributed by atoms with E-state index in [0.29, 0.717) is 5.04 Å². The fourth-order valence-corrected chi connectivity index (χ4v) is 2.36. The Labute approximate surface area is 109 Å². The minimum atomic E-state index is -1.51. The topological polar surface area (TPSA) is 9.23 Å². The van der Waals surface area contributed by atoms with Crippen LogP contribution in [0.5, 0.6) is 0 Å². The molecule has 0 atom stereocenters. The molecular formula is C15H30OSi. The summed E-state index contributed by atoms with van der Waals surface area (Å²) in [4.78, 5) is 0. The van der Waals surface area contributed by atoms with Gasteiger partial charge in [-0.3, -0.25) is 0 Å². The number of hydrogen-bond acceptors (Lipinski definition) is 1. The number of hydrogen-bond donors (Lipinski definition) is 0. The van der Waals surface area contributed by atoms with E-state index in [9.17, 15) is 0 Å². The van der Waals surface area contributed by atoms with Crippen molar-refractivity contribution in [1.29, 1.82) is 0 Å². The fraction of sp³-hybridized carbons (Fsp3) is 0.733. The van der Waals surface area contributed by atoms with Gasteiger partial charge in [-0.25, -0.2) is 0 Å². The van der Waals surface area contributed by atoms with E-state index >= 15 is 0 Å². The standard InChI is InChI=1S/C15H30OSi/c1-7-8-9-10-11-12-13-14-16-17(5,6)15(2,3)4/h7-9H,1,10-14H2,2-6H3/b9-8+. The quantitative estimate of drug-likeness (QED) is 0.324. The van der Waals surface area contributed by atoms with E-state index in [4.69, 9.17) is 4.43 Å². The van der Waals surface area contributed by atoms with Crippen molar-refractivity contribution >= 4 is 8.32 Å². The lowest BCUT2D eigenvalue weighted by Gasteiger charge is -2.36. The summed E-state index contributed by atoms with van der Waals surface area (Å²) >= 11 is 0. The predicted octanol–water partition coefficient (Wildman–Crippen LogP) is 5.31. The van der Waals surface area contributed by atoms with E-state index in [-0.39, 0.29) is 0 Å². The van der Waals surface area contributed by atoms with Crippen LogP contribution in [0.3, 0.4) is 0 Å². The number of allylic oxidation sites excluding steroid dienone is 3. The Bertz CT molecular complexity index is 236. The van der Waals surface area contributed by atoms with Crippen LogP contribution in [0, 0.1) is 0 Å². The second-order valence-corrected chi connectivity index (χ2v) is 10.9. The van der Waals surface area contributed by atoms with Crippen LogP contribution in [0.2, 0.25) is 18.1 Å². The van der Waals surface area contributed by atoms with Crippen LogP contribution in [0.25, 0.3) is 0 Å². The Balaban J connectivity index is 3.58. The molecule has 0 saturated carbocycles. The zero-order valence-corrected chi connectivity index (χ0v) is 13.4. The summed E-state index contributed by atoms with van der Waals surface area (Å²) in [7, 11) is -1.51. The van der Waals surface area contributed by atoms with E-state index in [1.165, 1.54) is 19.3 Å². The zero-order chi connectivity index (χ0) is 13.4. The maximum Gasteiger partial charge on any atom is 0.191 e. The first-order valence-corrected chi connectivity index (χ1v) is 9.63. The Kier molecular flexibility index (Phi) is 7.72. The molecule has 1 nitrogen and oxygen atoms in total. The van der Waals surface area contributed by atoms with Gasteiger partial charge in [-0.05, 0) is 37.4 Å². The third-order valence-corrected chi connectivity index (χ3v) is 8.09. The maximum atomic E-state index is 6.13. The zero-order valence-electron chi connectivity index (χ0n) is 12.4. The molecule has 0 saturated heterocycles. The van der Waals surface area contributed by atoms with Gasteiger partial charge in [0.25, 0.3) is 0 Å². The molecule has 0 heterocycles. The summed E-state index contributed by atoms with van der Waals surface area (Å²) in [6.07, 6.45) is 10.9. The van der Waals surface area contributed by atoms with Crippen molar-refractivity contribution in [3.8, 4) is 0 Å². The van der Waals surface area contributed by atoms with Crippen molar-refractivity contribution in [2.24, 2.45) is 0 Å². The highest BCUT2D eigenvalue weighted by Gasteiger charge is 2.36. The van der Waals surface area contributed by atoms with Gasteiger partial charge in [0.05, 0.1) is 0 Å². The van der Waals surface area contributed by atoms with Crippen LogP contribution in [0.15, 0.2) is 24.8 Å². The van der Waals surface area contributed by atoms with E-state index < -0.39 is 8.32 Å². The second kappa shape index (κ2) is 7.88. The molecule has 0 unspecified atom stereocenters.